The summed E-state index contributed by atoms with van der Waals surface area (Å²) in [6.45, 7) is 7.87. The Labute approximate surface area is 96.0 Å². The highest BCUT2D eigenvalue weighted by Gasteiger charge is 2.32. The van der Waals surface area contributed by atoms with Crippen LogP contribution in [-0.4, -0.2) is 34.7 Å². The van der Waals surface area contributed by atoms with Crippen LogP contribution in [0.3, 0.4) is 0 Å². The first kappa shape index (κ1) is 11.5. The van der Waals surface area contributed by atoms with Crippen molar-refractivity contribution in [3.05, 3.63) is 11.7 Å². The first-order valence-corrected chi connectivity index (χ1v) is 5.89. The Kier molecular flexibility index (Phi) is 3.25. The standard InChI is InChI=1S/C11H20N4O/c1-3-10-13-9(14-16-10)6-15-5-4-11(2,7-12)8-15/h3-8,12H2,1-2H3. The average molecular weight is 224 g/mol. The van der Waals surface area contributed by atoms with E-state index in [0.717, 1.165) is 50.7 Å². The Hall–Kier alpha value is -0.940. The second-order valence-electron chi connectivity index (χ2n) is 4.93. The van der Waals surface area contributed by atoms with E-state index in [1.54, 1.807) is 0 Å². The van der Waals surface area contributed by atoms with Crippen LogP contribution in [0.15, 0.2) is 4.52 Å². The molecule has 1 unspecified atom stereocenters. The van der Waals surface area contributed by atoms with Gasteiger partial charge in [0.25, 0.3) is 0 Å². The number of aromatic nitrogens is 2. The lowest BCUT2D eigenvalue weighted by molar-refractivity contribution is 0.264. The summed E-state index contributed by atoms with van der Waals surface area (Å²) in [4.78, 5) is 6.66. The van der Waals surface area contributed by atoms with Crippen LogP contribution in [0.25, 0.3) is 0 Å². The number of rotatable bonds is 4. The first-order chi connectivity index (χ1) is 7.65. The summed E-state index contributed by atoms with van der Waals surface area (Å²) < 4.78 is 5.09. The lowest BCUT2D eigenvalue weighted by Crippen LogP contribution is -2.31. The van der Waals surface area contributed by atoms with Crippen molar-refractivity contribution >= 4 is 0 Å². The van der Waals surface area contributed by atoms with Crippen LogP contribution in [-0.2, 0) is 13.0 Å². The van der Waals surface area contributed by atoms with Crippen LogP contribution in [0, 0.1) is 5.41 Å². The maximum atomic E-state index is 5.77. The van der Waals surface area contributed by atoms with Gasteiger partial charge in [0, 0.05) is 13.0 Å². The van der Waals surface area contributed by atoms with E-state index in [2.05, 4.69) is 22.0 Å². The monoisotopic (exact) mass is 224 g/mol. The third kappa shape index (κ3) is 2.41. The number of hydrogen-bond donors (Lipinski definition) is 1. The predicted octanol–water partition coefficient (Wildman–Crippen LogP) is 0.803. The topological polar surface area (TPSA) is 68.2 Å². The molecular formula is C11H20N4O. The van der Waals surface area contributed by atoms with Crippen LogP contribution in [0.4, 0.5) is 0 Å². The van der Waals surface area contributed by atoms with Gasteiger partial charge in [-0.3, -0.25) is 4.90 Å². The minimum absolute atomic E-state index is 0.261. The molecule has 16 heavy (non-hydrogen) atoms. The molecule has 1 fully saturated rings. The van der Waals surface area contributed by atoms with Crippen molar-refractivity contribution in [1.82, 2.24) is 15.0 Å². The minimum atomic E-state index is 0.261. The molecule has 90 valence electrons. The average Bonchev–Trinajstić information content (AvgIpc) is 2.87. The SMILES string of the molecule is CCc1nc(CN2CCC(C)(CN)C2)no1. The Bertz CT molecular complexity index is 352. The highest BCUT2D eigenvalue weighted by Crippen LogP contribution is 2.29. The summed E-state index contributed by atoms with van der Waals surface area (Å²) in [6, 6.07) is 0. The summed E-state index contributed by atoms with van der Waals surface area (Å²) in [5, 5.41) is 3.97. The zero-order chi connectivity index (χ0) is 11.6. The second-order valence-corrected chi connectivity index (χ2v) is 4.93. The minimum Gasteiger partial charge on any atom is -0.339 e. The van der Waals surface area contributed by atoms with E-state index in [4.69, 9.17) is 10.3 Å². The Morgan fingerprint density at radius 1 is 1.56 bits per heavy atom. The molecule has 1 aromatic rings. The molecule has 2 N–H and O–H groups in total. The van der Waals surface area contributed by atoms with Gasteiger partial charge in [0.15, 0.2) is 5.82 Å². The van der Waals surface area contributed by atoms with E-state index in [9.17, 15) is 0 Å². The van der Waals surface area contributed by atoms with E-state index in [1.807, 2.05) is 6.92 Å². The van der Waals surface area contributed by atoms with Crippen LogP contribution in [0.5, 0.6) is 0 Å². The van der Waals surface area contributed by atoms with Crippen LogP contribution in [0.1, 0.15) is 32.0 Å². The number of aryl methyl sites for hydroxylation is 1. The molecule has 0 saturated carbocycles. The molecule has 1 aromatic heterocycles. The van der Waals surface area contributed by atoms with E-state index in [0.29, 0.717) is 0 Å². The fourth-order valence-corrected chi connectivity index (χ4v) is 2.13. The molecule has 5 nitrogen and oxygen atoms in total. The fourth-order valence-electron chi connectivity index (χ4n) is 2.13. The smallest absolute Gasteiger partial charge is 0.226 e. The Balaban J connectivity index is 1.91. The van der Waals surface area contributed by atoms with Crippen LogP contribution in [0.2, 0.25) is 0 Å². The lowest BCUT2D eigenvalue weighted by atomic mass is 9.90. The van der Waals surface area contributed by atoms with Crippen molar-refractivity contribution in [3.63, 3.8) is 0 Å². The van der Waals surface area contributed by atoms with Crippen LogP contribution < -0.4 is 5.73 Å². The third-order valence-corrected chi connectivity index (χ3v) is 3.31. The number of nitrogens with zero attached hydrogens (tertiary/aromatic N) is 3. The van der Waals surface area contributed by atoms with Gasteiger partial charge in [-0.2, -0.15) is 4.98 Å². The van der Waals surface area contributed by atoms with Crippen molar-refractivity contribution in [2.24, 2.45) is 11.1 Å². The van der Waals surface area contributed by atoms with Gasteiger partial charge in [0.05, 0.1) is 6.54 Å². The van der Waals surface area contributed by atoms with Gasteiger partial charge in [0.2, 0.25) is 5.89 Å². The molecule has 1 aliphatic heterocycles. The summed E-state index contributed by atoms with van der Waals surface area (Å²) in [6.07, 6.45) is 1.95. The van der Waals surface area contributed by atoms with Gasteiger partial charge in [0.1, 0.15) is 0 Å². The third-order valence-electron chi connectivity index (χ3n) is 3.31. The van der Waals surface area contributed by atoms with Crippen molar-refractivity contribution in [2.45, 2.75) is 33.2 Å². The Morgan fingerprint density at radius 2 is 2.38 bits per heavy atom. The maximum Gasteiger partial charge on any atom is 0.226 e. The number of nitrogens with two attached hydrogens (primary N) is 1. The van der Waals surface area contributed by atoms with Gasteiger partial charge >= 0.3 is 0 Å². The summed E-state index contributed by atoms with van der Waals surface area (Å²) in [7, 11) is 0. The highest BCUT2D eigenvalue weighted by atomic mass is 16.5. The number of likely N-dealkylation sites (tertiary alicyclic amines) is 1. The molecule has 1 atom stereocenters. The van der Waals surface area contributed by atoms with Crippen molar-refractivity contribution < 1.29 is 4.52 Å². The zero-order valence-corrected chi connectivity index (χ0v) is 10.1. The molecule has 2 heterocycles. The van der Waals surface area contributed by atoms with E-state index in [1.165, 1.54) is 0 Å². The largest absolute Gasteiger partial charge is 0.339 e. The van der Waals surface area contributed by atoms with Gasteiger partial charge in [-0.25, -0.2) is 0 Å². The summed E-state index contributed by atoms with van der Waals surface area (Å²) in [5.41, 5.74) is 6.03. The molecule has 0 aliphatic carbocycles. The van der Waals surface area contributed by atoms with E-state index < -0.39 is 0 Å². The maximum absolute atomic E-state index is 5.77. The van der Waals surface area contributed by atoms with Gasteiger partial charge < -0.3 is 10.3 Å². The normalized spacial score (nSPS) is 26.4. The van der Waals surface area contributed by atoms with Gasteiger partial charge in [-0.1, -0.05) is 19.0 Å². The van der Waals surface area contributed by atoms with Crippen LogP contribution >= 0.6 is 0 Å². The molecule has 0 spiro atoms. The molecule has 2 rings (SSSR count). The molecule has 0 amide bonds. The molecular weight excluding hydrogens is 204 g/mol. The first-order valence-electron chi connectivity index (χ1n) is 5.89. The highest BCUT2D eigenvalue weighted by molar-refractivity contribution is 4.91. The quantitative estimate of drug-likeness (QED) is 0.819. The van der Waals surface area contributed by atoms with Crippen molar-refractivity contribution in [3.8, 4) is 0 Å². The van der Waals surface area contributed by atoms with E-state index >= 15 is 0 Å². The van der Waals surface area contributed by atoms with Crippen molar-refractivity contribution in [2.75, 3.05) is 19.6 Å². The summed E-state index contributed by atoms with van der Waals surface area (Å²) >= 11 is 0. The molecule has 5 heteroatoms. The van der Waals surface area contributed by atoms with Gasteiger partial charge in [-0.15, -0.1) is 0 Å². The predicted molar refractivity (Wildman–Crippen MR) is 60.7 cm³/mol. The molecule has 0 radical (unpaired) electrons. The molecule has 1 saturated heterocycles. The van der Waals surface area contributed by atoms with Gasteiger partial charge in [-0.05, 0) is 24.9 Å². The second kappa shape index (κ2) is 4.51. The molecule has 0 bridgehead atoms. The lowest BCUT2D eigenvalue weighted by Gasteiger charge is -2.21. The Morgan fingerprint density at radius 3 is 2.94 bits per heavy atom. The van der Waals surface area contributed by atoms with Crippen molar-refractivity contribution in [1.29, 1.82) is 0 Å². The molecule has 1 aliphatic rings. The molecule has 0 aromatic carbocycles. The summed E-state index contributed by atoms with van der Waals surface area (Å²) in [5.74, 6) is 1.51. The zero-order valence-electron chi connectivity index (χ0n) is 10.1. The fraction of sp³-hybridized carbons (Fsp3) is 0.818. The van der Waals surface area contributed by atoms with E-state index in [-0.39, 0.29) is 5.41 Å². The number of hydrogen-bond acceptors (Lipinski definition) is 5.